The molecule has 0 spiro atoms. The number of nitrogens with one attached hydrogen (secondary N) is 1. The standard InChI is InChI=1S/C19H24N4O3S/c1-4-15-7-8-17(26-3)18(11-15)27(24,25)21-9-5-6-16-12-20-19-10-14(2)22-23(19)13-16/h7-8,10-13,21H,4-6,9H2,1-3H3. The van der Waals surface area contributed by atoms with Gasteiger partial charge in [0.05, 0.1) is 12.8 Å². The van der Waals surface area contributed by atoms with E-state index >= 15 is 0 Å². The molecule has 3 rings (SSSR count). The van der Waals surface area contributed by atoms with Gasteiger partial charge in [0.1, 0.15) is 10.6 Å². The van der Waals surface area contributed by atoms with E-state index in [0.717, 1.165) is 28.9 Å². The van der Waals surface area contributed by atoms with Crippen LogP contribution in [-0.2, 0) is 22.9 Å². The molecule has 0 aliphatic rings. The number of ether oxygens (including phenoxy) is 1. The Morgan fingerprint density at radius 3 is 2.78 bits per heavy atom. The molecule has 7 nitrogen and oxygen atoms in total. The molecular weight excluding hydrogens is 364 g/mol. The van der Waals surface area contributed by atoms with Crippen molar-refractivity contribution in [2.45, 2.75) is 38.0 Å². The average molecular weight is 388 g/mol. The zero-order valence-corrected chi connectivity index (χ0v) is 16.6. The first kappa shape index (κ1) is 19.3. The summed E-state index contributed by atoms with van der Waals surface area (Å²) in [5.74, 6) is 0.350. The van der Waals surface area contributed by atoms with Crippen LogP contribution in [-0.4, -0.2) is 36.7 Å². The normalized spacial score (nSPS) is 11.8. The fraction of sp³-hybridized carbons (Fsp3) is 0.368. The van der Waals surface area contributed by atoms with Crippen LogP contribution in [0.25, 0.3) is 5.65 Å². The smallest absolute Gasteiger partial charge is 0.244 e. The van der Waals surface area contributed by atoms with Gasteiger partial charge < -0.3 is 4.74 Å². The summed E-state index contributed by atoms with van der Waals surface area (Å²) in [6.45, 7) is 4.24. The number of hydrogen-bond donors (Lipinski definition) is 1. The number of aromatic nitrogens is 3. The third-order valence-electron chi connectivity index (χ3n) is 4.35. The van der Waals surface area contributed by atoms with Crippen molar-refractivity contribution in [1.82, 2.24) is 19.3 Å². The van der Waals surface area contributed by atoms with Gasteiger partial charge in [0.25, 0.3) is 0 Å². The van der Waals surface area contributed by atoms with Crippen molar-refractivity contribution in [1.29, 1.82) is 0 Å². The average Bonchev–Trinajstić information content (AvgIpc) is 3.04. The second-order valence-electron chi connectivity index (χ2n) is 6.39. The van der Waals surface area contributed by atoms with Gasteiger partial charge in [0.2, 0.25) is 10.0 Å². The SMILES string of the molecule is CCc1ccc(OC)c(S(=O)(=O)NCCCc2cnc3cc(C)nn3c2)c1. The third-order valence-corrected chi connectivity index (χ3v) is 5.83. The van der Waals surface area contributed by atoms with Crippen LogP contribution in [0.4, 0.5) is 0 Å². The van der Waals surface area contributed by atoms with Crippen molar-refractivity contribution in [3.05, 3.63) is 53.5 Å². The molecule has 0 radical (unpaired) electrons. The molecule has 1 N–H and O–H groups in total. The maximum Gasteiger partial charge on any atom is 0.244 e. The van der Waals surface area contributed by atoms with E-state index in [-0.39, 0.29) is 4.90 Å². The zero-order chi connectivity index (χ0) is 19.4. The fourth-order valence-electron chi connectivity index (χ4n) is 2.89. The molecule has 0 unspecified atom stereocenters. The summed E-state index contributed by atoms with van der Waals surface area (Å²) in [5.41, 5.74) is 3.68. The first-order chi connectivity index (χ1) is 12.9. The number of nitrogens with zero attached hydrogens (tertiary/aromatic N) is 3. The van der Waals surface area contributed by atoms with Crippen LogP contribution in [0.5, 0.6) is 5.75 Å². The van der Waals surface area contributed by atoms with E-state index in [9.17, 15) is 8.42 Å². The summed E-state index contributed by atoms with van der Waals surface area (Å²) < 4.78 is 34.9. The minimum atomic E-state index is -3.63. The van der Waals surface area contributed by atoms with Crippen LogP contribution in [0.3, 0.4) is 0 Å². The molecule has 2 aromatic heterocycles. The van der Waals surface area contributed by atoms with Gasteiger partial charge in [-0.15, -0.1) is 0 Å². The Balaban J connectivity index is 1.63. The first-order valence-corrected chi connectivity index (χ1v) is 10.4. The van der Waals surface area contributed by atoms with Gasteiger partial charge in [-0.3, -0.25) is 0 Å². The minimum Gasteiger partial charge on any atom is -0.495 e. The van der Waals surface area contributed by atoms with Gasteiger partial charge in [0, 0.05) is 25.0 Å². The predicted octanol–water partition coefficient (Wildman–Crippen LogP) is 2.52. The Morgan fingerprint density at radius 1 is 1.22 bits per heavy atom. The van der Waals surface area contributed by atoms with Crippen LogP contribution in [0.1, 0.15) is 30.2 Å². The number of fused-ring (bicyclic) bond motifs is 1. The van der Waals surface area contributed by atoms with Crippen molar-refractivity contribution in [2.24, 2.45) is 0 Å². The third kappa shape index (κ3) is 4.45. The largest absolute Gasteiger partial charge is 0.495 e. The number of methoxy groups -OCH3 is 1. The molecule has 0 aliphatic heterocycles. The number of sulfonamides is 1. The lowest BCUT2D eigenvalue weighted by molar-refractivity contribution is 0.402. The van der Waals surface area contributed by atoms with Crippen LogP contribution >= 0.6 is 0 Å². The van der Waals surface area contributed by atoms with E-state index < -0.39 is 10.0 Å². The maximum absolute atomic E-state index is 12.7. The van der Waals surface area contributed by atoms with E-state index in [2.05, 4.69) is 14.8 Å². The highest BCUT2D eigenvalue weighted by atomic mass is 32.2. The first-order valence-electron chi connectivity index (χ1n) is 8.90. The molecule has 1 aromatic carbocycles. The van der Waals surface area contributed by atoms with Crippen LogP contribution < -0.4 is 9.46 Å². The number of rotatable bonds is 8. The highest BCUT2D eigenvalue weighted by Gasteiger charge is 2.19. The summed E-state index contributed by atoms with van der Waals surface area (Å²) in [7, 11) is -2.16. The highest BCUT2D eigenvalue weighted by Crippen LogP contribution is 2.25. The van der Waals surface area contributed by atoms with Crippen molar-refractivity contribution in [3.8, 4) is 5.75 Å². The topological polar surface area (TPSA) is 85.6 Å². The van der Waals surface area contributed by atoms with Gasteiger partial charge in [-0.1, -0.05) is 13.0 Å². The molecule has 3 aromatic rings. The van der Waals surface area contributed by atoms with E-state index in [1.165, 1.54) is 7.11 Å². The molecule has 144 valence electrons. The van der Waals surface area contributed by atoms with Gasteiger partial charge >= 0.3 is 0 Å². The predicted molar refractivity (Wildman–Crippen MR) is 104 cm³/mol. The second kappa shape index (κ2) is 8.06. The van der Waals surface area contributed by atoms with Gasteiger partial charge in [-0.05, 0) is 49.4 Å². The molecule has 0 fully saturated rings. The molecule has 0 saturated carbocycles. The number of hydrogen-bond acceptors (Lipinski definition) is 5. The summed E-state index contributed by atoms with van der Waals surface area (Å²) in [4.78, 5) is 4.54. The molecule has 27 heavy (non-hydrogen) atoms. The molecule has 2 heterocycles. The van der Waals surface area contributed by atoms with Crippen molar-refractivity contribution < 1.29 is 13.2 Å². The molecular formula is C19H24N4O3S. The minimum absolute atomic E-state index is 0.180. The second-order valence-corrected chi connectivity index (χ2v) is 8.13. The van der Waals surface area contributed by atoms with Crippen molar-refractivity contribution in [2.75, 3.05) is 13.7 Å². The Labute approximate surface area is 159 Å². The van der Waals surface area contributed by atoms with Crippen molar-refractivity contribution >= 4 is 15.7 Å². The van der Waals surface area contributed by atoms with Crippen molar-refractivity contribution in [3.63, 3.8) is 0 Å². The monoisotopic (exact) mass is 388 g/mol. The summed E-state index contributed by atoms with van der Waals surface area (Å²) in [6.07, 6.45) is 5.85. The Bertz CT molecular complexity index is 1040. The molecule has 0 amide bonds. The van der Waals surface area contributed by atoms with Crippen LogP contribution in [0.2, 0.25) is 0 Å². The lowest BCUT2D eigenvalue weighted by Crippen LogP contribution is -2.25. The number of aryl methyl sites for hydroxylation is 3. The Hall–Kier alpha value is -2.45. The summed E-state index contributed by atoms with van der Waals surface area (Å²) in [5, 5.41) is 4.35. The van der Waals surface area contributed by atoms with E-state index in [0.29, 0.717) is 25.1 Å². The maximum atomic E-state index is 12.7. The van der Waals surface area contributed by atoms with Crippen LogP contribution in [0.15, 0.2) is 41.6 Å². The van der Waals surface area contributed by atoms with Gasteiger partial charge in [-0.25, -0.2) is 22.6 Å². The van der Waals surface area contributed by atoms with Gasteiger partial charge in [-0.2, -0.15) is 5.10 Å². The van der Waals surface area contributed by atoms with E-state index in [4.69, 9.17) is 4.74 Å². The van der Waals surface area contributed by atoms with Crippen LogP contribution in [0, 0.1) is 6.92 Å². The fourth-order valence-corrected chi connectivity index (χ4v) is 4.18. The molecule has 0 atom stereocenters. The molecule has 0 bridgehead atoms. The number of benzene rings is 1. The molecule has 8 heteroatoms. The zero-order valence-electron chi connectivity index (χ0n) is 15.8. The highest BCUT2D eigenvalue weighted by molar-refractivity contribution is 7.89. The van der Waals surface area contributed by atoms with E-state index in [1.807, 2.05) is 32.2 Å². The Morgan fingerprint density at radius 2 is 2.04 bits per heavy atom. The lowest BCUT2D eigenvalue weighted by Gasteiger charge is -2.12. The summed E-state index contributed by atoms with van der Waals surface area (Å²) in [6, 6.07) is 7.15. The quantitative estimate of drug-likeness (QED) is 0.599. The van der Waals surface area contributed by atoms with E-state index in [1.54, 1.807) is 22.8 Å². The lowest BCUT2D eigenvalue weighted by atomic mass is 10.2. The van der Waals surface area contributed by atoms with Gasteiger partial charge in [0.15, 0.2) is 5.65 Å². The molecule has 0 saturated heterocycles. The molecule has 0 aliphatic carbocycles. The Kier molecular flexibility index (Phi) is 5.76. The summed E-state index contributed by atoms with van der Waals surface area (Å²) >= 11 is 0.